The maximum absolute atomic E-state index is 12.5. The molecule has 31 heavy (non-hydrogen) atoms. The van der Waals surface area contributed by atoms with Crippen LogP contribution in [0.3, 0.4) is 0 Å². The van der Waals surface area contributed by atoms with E-state index in [0.717, 1.165) is 4.88 Å². The summed E-state index contributed by atoms with van der Waals surface area (Å²) in [5.74, 6) is -0.918. The van der Waals surface area contributed by atoms with E-state index in [2.05, 4.69) is 10.3 Å². The minimum absolute atomic E-state index is 0.136. The summed E-state index contributed by atoms with van der Waals surface area (Å²) in [7, 11) is 0. The molecule has 0 fully saturated rings. The fraction of sp³-hybridized carbons (Fsp3) is 0.0909. The first-order valence-corrected chi connectivity index (χ1v) is 10.4. The van der Waals surface area contributed by atoms with E-state index in [1.807, 2.05) is 6.92 Å². The van der Waals surface area contributed by atoms with Gasteiger partial charge in [0.15, 0.2) is 4.96 Å². The summed E-state index contributed by atoms with van der Waals surface area (Å²) in [6.07, 6.45) is 1.72. The molecule has 0 aliphatic rings. The van der Waals surface area contributed by atoms with E-state index in [1.54, 1.807) is 48.7 Å². The average Bonchev–Trinajstić information content (AvgIpc) is 3.13. The van der Waals surface area contributed by atoms with Gasteiger partial charge in [-0.15, -0.1) is 11.3 Å². The van der Waals surface area contributed by atoms with Crippen molar-refractivity contribution in [1.82, 2.24) is 9.38 Å². The number of fused-ring (bicyclic) bond motifs is 1. The Labute approximate surface area is 185 Å². The minimum Gasteiger partial charge on any atom is -0.456 e. The highest BCUT2D eigenvalue weighted by molar-refractivity contribution is 7.16. The van der Waals surface area contributed by atoms with E-state index in [-0.39, 0.29) is 23.6 Å². The van der Waals surface area contributed by atoms with Crippen LogP contribution in [-0.4, -0.2) is 21.3 Å². The Morgan fingerprint density at radius 1 is 1.13 bits per heavy atom. The molecule has 2 heterocycles. The van der Waals surface area contributed by atoms with Crippen molar-refractivity contribution < 1.29 is 14.3 Å². The van der Waals surface area contributed by atoms with Crippen molar-refractivity contribution in [1.29, 1.82) is 0 Å². The highest BCUT2D eigenvalue weighted by Gasteiger charge is 2.12. The molecular formula is C22H16ClN3O4S. The van der Waals surface area contributed by atoms with Gasteiger partial charge in [0.1, 0.15) is 6.61 Å². The summed E-state index contributed by atoms with van der Waals surface area (Å²) < 4.78 is 6.77. The van der Waals surface area contributed by atoms with Gasteiger partial charge in [0.2, 0.25) is 0 Å². The number of amides is 1. The second-order valence-electron chi connectivity index (χ2n) is 6.70. The van der Waals surface area contributed by atoms with Crippen LogP contribution in [0.15, 0.2) is 65.6 Å². The number of hydrogen-bond acceptors (Lipinski definition) is 6. The highest BCUT2D eigenvalue weighted by atomic mass is 35.5. The summed E-state index contributed by atoms with van der Waals surface area (Å²) >= 11 is 7.22. The quantitative estimate of drug-likeness (QED) is 0.454. The molecule has 156 valence electrons. The van der Waals surface area contributed by atoms with Crippen LogP contribution in [0.5, 0.6) is 0 Å². The number of aromatic nitrogens is 2. The van der Waals surface area contributed by atoms with Crippen LogP contribution >= 0.6 is 22.9 Å². The van der Waals surface area contributed by atoms with Crippen molar-refractivity contribution >= 4 is 45.5 Å². The van der Waals surface area contributed by atoms with Gasteiger partial charge in [0.25, 0.3) is 11.5 Å². The van der Waals surface area contributed by atoms with Crippen LogP contribution in [-0.2, 0) is 11.3 Å². The van der Waals surface area contributed by atoms with Gasteiger partial charge in [0, 0.05) is 33.4 Å². The molecule has 0 saturated carbocycles. The second-order valence-corrected chi connectivity index (χ2v) is 8.35. The number of halogens is 1. The molecule has 0 radical (unpaired) electrons. The molecular weight excluding hydrogens is 438 g/mol. The third-order valence-corrected chi connectivity index (χ3v) is 5.50. The Morgan fingerprint density at radius 3 is 2.68 bits per heavy atom. The van der Waals surface area contributed by atoms with Crippen LogP contribution in [0.2, 0.25) is 5.02 Å². The first-order chi connectivity index (χ1) is 14.9. The largest absolute Gasteiger partial charge is 0.456 e. The normalized spacial score (nSPS) is 10.8. The molecule has 2 aromatic carbocycles. The number of nitrogens with zero attached hydrogens (tertiary/aromatic N) is 2. The smallest absolute Gasteiger partial charge is 0.338 e. The maximum atomic E-state index is 12.5. The molecule has 1 amide bonds. The summed E-state index contributed by atoms with van der Waals surface area (Å²) in [5.41, 5.74) is 1.29. The molecule has 9 heteroatoms. The zero-order valence-electron chi connectivity index (χ0n) is 16.3. The summed E-state index contributed by atoms with van der Waals surface area (Å²) in [4.78, 5) is 42.8. The van der Waals surface area contributed by atoms with Crippen molar-refractivity contribution in [3.05, 3.63) is 97.9 Å². The average molecular weight is 454 g/mol. The van der Waals surface area contributed by atoms with E-state index < -0.39 is 5.97 Å². The molecule has 1 N–H and O–H groups in total. The molecule has 0 spiro atoms. The predicted octanol–water partition coefficient (Wildman–Crippen LogP) is 4.33. The summed E-state index contributed by atoms with van der Waals surface area (Å²) in [5, 5.41) is 3.27. The lowest BCUT2D eigenvalue weighted by Gasteiger charge is -2.08. The van der Waals surface area contributed by atoms with Gasteiger partial charge in [-0.3, -0.25) is 14.0 Å². The number of carbonyl (C=O) groups is 2. The number of esters is 1. The summed E-state index contributed by atoms with van der Waals surface area (Å²) in [6.45, 7) is 1.75. The molecule has 0 aliphatic heterocycles. The number of nitrogens with one attached hydrogen (secondary N) is 1. The highest BCUT2D eigenvalue weighted by Crippen LogP contribution is 2.16. The lowest BCUT2D eigenvalue weighted by atomic mass is 10.1. The lowest BCUT2D eigenvalue weighted by Crippen LogP contribution is -2.15. The van der Waals surface area contributed by atoms with Crippen molar-refractivity contribution in [2.75, 3.05) is 5.32 Å². The van der Waals surface area contributed by atoms with Crippen LogP contribution in [0.25, 0.3) is 4.96 Å². The number of aryl methyl sites for hydroxylation is 1. The van der Waals surface area contributed by atoms with Crippen LogP contribution in [0, 0.1) is 6.92 Å². The molecule has 0 aliphatic carbocycles. The topological polar surface area (TPSA) is 89.8 Å². The Kier molecular flexibility index (Phi) is 5.83. The SMILES string of the molecule is Cc1cn2c(=O)cc(COC(=O)c3cccc(NC(=O)c4ccc(Cl)cc4)c3)nc2s1. The monoisotopic (exact) mass is 453 g/mol. The number of thiazole rings is 1. The van der Waals surface area contributed by atoms with E-state index in [4.69, 9.17) is 16.3 Å². The zero-order valence-corrected chi connectivity index (χ0v) is 17.9. The first-order valence-electron chi connectivity index (χ1n) is 9.22. The number of rotatable bonds is 5. The number of anilines is 1. The van der Waals surface area contributed by atoms with Gasteiger partial charge < -0.3 is 10.1 Å². The van der Waals surface area contributed by atoms with Gasteiger partial charge >= 0.3 is 5.97 Å². The number of carbonyl (C=O) groups excluding carboxylic acids is 2. The van der Waals surface area contributed by atoms with Gasteiger partial charge in [-0.2, -0.15) is 0 Å². The third kappa shape index (κ3) is 4.82. The zero-order chi connectivity index (χ0) is 22.0. The van der Waals surface area contributed by atoms with Crippen molar-refractivity contribution in [3.8, 4) is 0 Å². The second kappa shape index (κ2) is 8.71. The molecule has 7 nitrogen and oxygen atoms in total. The van der Waals surface area contributed by atoms with E-state index >= 15 is 0 Å². The number of ether oxygens (including phenoxy) is 1. The lowest BCUT2D eigenvalue weighted by molar-refractivity contribution is 0.0467. The molecule has 0 atom stereocenters. The Balaban J connectivity index is 1.44. The molecule has 4 rings (SSSR count). The van der Waals surface area contributed by atoms with Gasteiger partial charge in [-0.05, 0) is 49.4 Å². The minimum atomic E-state index is -0.591. The van der Waals surface area contributed by atoms with Crippen LogP contribution in [0.1, 0.15) is 31.3 Å². The number of benzene rings is 2. The van der Waals surface area contributed by atoms with Gasteiger partial charge in [0.05, 0.1) is 11.3 Å². The molecule has 0 unspecified atom stereocenters. The van der Waals surface area contributed by atoms with Crippen molar-refractivity contribution in [2.45, 2.75) is 13.5 Å². The third-order valence-electron chi connectivity index (χ3n) is 4.35. The van der Waals surface area contributed by atoms with E-state index in [0.29, 0.717) is 26.9 Å². The van der Waals surface area contributed by atoms with Crippen LogP contribution in [0.4, 0.5) is 5.69 Å². The maximum Gasteiger partial charge on any atom is 0.338 e. The Morgan fingerprint density at radius 2 is 1.90 bits per heavy atom. The Hall–Kier alpha value is -3.49. The van der Waals surface area contributed by atoms with Gasteiger partial charge in [-0.1, -0.05) is 17.7 Å². The summed E-state index contributed by atoms with van der Waals surface area (Å²) in [6, 6.07) is 14.2. The van der Waals surface area contributed by atoms with Gasteiger partial charge in [-0.25, -0.2) is 9.78 Å². The Bertz CT molecular complexity index is 1350. The fourth-order valence-corrected chi connectivity index (χ4v) is 3.86. The van der Waals surface area contributed by atoms with Crippen LogP contribution < -0.4 is 10.9 Å². The van der Waals surface area contributed by atoms with Crippen molar-refractivity contribution in [2.24, 2.45) is 0 Å². The predicted molar refractivity (Wildman–Crippen MR) is 119 cm³/mol. The fourth-order valence-electron chi connectivity index (χ4n) is 2.88. The van der Waals surface area contributed by atoms with E-state index in [9.17, 15) is 14.4 Å². The molecule has 0 bridgehead atoms. The standard InChI is InChI=1S/C22H16ClN3O4S/c1-13-11-26-19(27)10-18(25-22(26)31-13)12-30-21(29)15-3-2-4-17(9-15)24-20(28)14-5-7-16(23)8-6-14/h2-11H,12H2,1H3,(H,24,28). The van der Waals surface area contributed by atoms with Crippen molar-refractivity contribution in [3.63, 3.8) is 0 Å². The van der Waals surface area contributed by atoms with E-state index in [1.165, 1.54) is 27.9 Å². The first kappa shape index (κ1) is 20.8. The molecule has 0 saturated heterocycles. The molecule has 2 aromatic heterocycles. The molecule has 4 aromatic rings. The number of hydrogen-bond donors (Lipinski definition) is 1.